The number of ether oxygens (including phenoxy) is 2. The highest BCUT2D eigenvalue weighted by Gasteiger charge is 2.41. The van der Waals surface area contributed by atoms with Crippen molar-refractivity contribution in [3.63, 3.8) is 0 Å². The van der Waals surface area contributed by atoms with E-state index in [0.717, 1.165) is 26.0 Å². The quantitative estimate of drug-likeness (QED) is 0.506. The highest BCUT2D eigenvalue weighted by molar-refractivity contribution is 8.00. The summed E-state index contributed by atoms with van der Waals surface area (Å²) in [6.07, 6.45) is 6.58. The molecule has 1 aliphatic carbocycles. The zero-order valence-electron chi connectivity index (χ0n) is 12.3. The van der Waals surface area contributed by atoms with Crippen LogP contribution < -0.4 is 5.32 Å². The highest BCUT2D eigenvalue weighted by Crippen LogP contribution is 2.46. The molecule has 0 aromatic carbocycles. The molecule has 1 rings (SSSR count). The van der Waals surface area contributed by atoms with Gasteiger partial charge in [-0.05, 0) is 25.5 Å². The lowest BCUT2D eigenvalue weighted by molar-refractivity contribution is 0.00397. The van der Waals surface area contributed by atoms with Crippen molar-refractivity contribution in [2.45, 2.75) is 43.5 Å². The number of hydrogen-bond donors (Lipinski definition) is 2. The van der Waals surface area contributed by atoms with Gasteiger partial charge in [-0.25, -0.2) is 0 Å². The number of thioether (sulfide) groups is 1. The predicted octanol–water partition coefficient (Wildman–Crippen LogP) is 1.67. The fourth-order valence-electron chi connectivity index (χ4n) is 1.80. The Balaban J connectivity index is 1.84. The van der Waals surface area contributed by atoms with Crippen molar-refractivity contribution in [1.29, 1.82) is 0 Å². The first-order valence-corrected chi connectivity index (χ1v) is 8.54. The Morgan fingerprint density at radius 1 is 1.26 bits per heavy atom. The fourth-order valence-corrected chi connectivity index (χ4v) is 2.56. The zero-order chi connectivity index (χ0) is 14.0. The molecule has 5 heteroatoms. The van der Waals surface area contributed by atoms with Gasteiger partial charge < -0.3 is 19.9 Å². The van der Waals surface area contributed by atoms with Crippen LogP contribution in [0, 0.1) is 0 Å². The van der Waals surface area contributed by atoms with Crippen LogP contribution in [0.25, 0.3) is 0 Å². The maximum Gasteiger partial charge on any atom is 0.0897 e. The van der Waals surface area contributed by atoms with Crippen LogP contribution in [0.5, 0.6) is 0 Å². The van der Waals surface area contributed by atoms with Gasteiger partial charge in [-0.15, -0.1) is 0 Å². The van der Waals surface area contributed by atoms with Crippen LogP contribution in [0.1, 0.15) is 32.6 Å². The first-order valence-electron chi connectivity index (χ1n) is 7.32. The van der Waals surface area contributed by atoms with E-state index in [1.54, 1.807) is 0 Å². The monoisotopic (exact) mass is 291 g/mol. The van der Waals surface area contributed by atoms with Crippen LogP contribution in [0.2, 0.25) is 0 Å². The minimum Gasteiger partial charge on any atom is -0.389 e. The number of hydrogen-bond acceptors (Lipinski definition) is 5. The summed E-state index contributed by atoms with van der Waals surface area (Å²) in [6, 6.07) is 0. The Morgan fingerprint density at radius 2 is 2.00 bits per heavy atom. The van der Waals surface area contributed by atoms with E-state index < -0.39 is 6.10 Å². The van der Waals surface area contributed by atoms with E-state index in [4.69, 9.17) is 9.47 Å². The summed E-state index contributed by atoms with van der Waals surface area (Å²) in [4.78, 5) is 0. The molecule has 2 N–H and O–H groups in total. The van der Waals surface area contributed by atoms with Crippen molar-refractivity contribution in [3.8, 4) is 0 Å². The molecule has 114 valence electrons. The molecular weight excluding hydrogens is 262 g/mol. The molecule has 1 fully saturated rings. The predicted molar refractivity (Wildman–Crippen MR) is 80.9 cm³/mol. The molecule has 0 aliphatic heterocycles. The van der Waals surface area contributed by atoms with Gasteiger partial charge >= 0.3 is 0 Å². The van der Waals surface area contributed by atoms with Gasteiger partial charge in [0.15, 0.2) is 0 Å². The minimum atomic E-state index is -0.423. The average molecular weight is 291 g/mol. The van der Waals surface area contributed by atoms with E-state index in [9.17, 15) is 5.11 Å². The van der Waals surface area contributed by atoms with Crippen molar-refractivity contribution < 1.29 is 14.6 Å². The van der Waals surface area contributed by atoms with Crippen molar-refractivity contribution in [3.05, 3.63) is 0 Å². The topological polar surface area (TPSA) is 50.7 Å². The van der Waals surface area contributed by atoms with Crippen LogP contribution in [0.3, 0.4) is 0 Å². The minimum absolute atomic E-state index is 0.385. The summed E-state index contributed by atoms with van der Waals surface area (Å²) < 4.78 is 11.2. The lowest BCUT2D eigenvalue weighted by atomic mass is 10.3. The summed E-state index contributed by atoms with van der Waals surface area (Å²) in [5, 5.41) is 13.1. The number of aliphatic hydroxyl groups is 1. The molecular formula is C14H29NO3S. The van der Waals surface area contributed by atoms with E-state index in [-0.39, 0.29) is 0 Å². The summed E-state index contributed by atoms with van der Waals surface area (Å²) in [6.45, 7) is 6.12. The maximum atomic E-state index is 9.74. The molecule has 0 heterocycles. The third-order valence-corrected chi connectivity index (χ3v) is 4.81. The van der Waals surface area contributed by atoms with Gasteiger partial charge in [-0.1, -0.05) is 13.3 Å². The van der Waals surface area contributed by atoms with E-state index in [1.807, 2.05) is 11.8 Å². The smallest absolute Gasteiger partial charge is 0.0897 e. The molecule has 1 aliphatic rings. The normalized spacial score (nSPS) is 18.5. The van der Waals surface area contributed by atoms with Gasteiger partial charge in [0.25, 0.3) is 0 Å². The summed E-state index contributed by atoms with van der Waals surface area (Å²) >= 11 is 1.93. The standard InChI is InChI=1S/C14H29NO3S/c1-3-4-7-17-8-9-18-11-13(16)10-15-12-14(19-2)5-6-14/h13,15-16H,3-12H2,1-2H3. The molecule has 4 nitrogen and oxygen atoms in total. The van der Waals surface area contributed by atoms with E-state index in [1.165, 1.54) is 12.8 Å². The molecule has 1 atom stereocenters. The Bertz CT molecular complexity index is 225. The van der Waals surface area contributed by atoms with Gasteiger partial charge in [0.2, 0.25) is 0 Å². The lowest BCUT2D eigenvalue weighted by Crippen LogP contribution is -2.35. The number of nitrogens with one attached hydrogen (secondary N) is 1. The van der Waals surface area contributed by atoms with E-state index in [0.29, 0.717) is 31.1 Å². The number of aliphatic hydroxyl groups excluding tert-OH is 1. The molecule has 1 saturated carbocycles. The molecule has 0 amide bonds. The van der Waals surface area contributed by atoms with Crippen LogP contribution >= 0.6 is 11.8 Å². The zero-order valence-corrected chi connectivity index (χ0v) is 13.1. The third kappa shape index (κ3) is 8.15. The molecule has 0 bridgehead atoms. The first kappa shape index (κ1) is 17.2. The van der Waals surface area contributed by atoms with Gasteiger partial charge in [0.05, 0.1) is 25.9 Å². The summed E-state index contributed by atoms with van der Waals surface area (Å²) in [5.74, 6) is 0. The van der Waals surface area contributed by atoms with Crippen molar-refractivity contribution in [2.75, 3.05) is 45.8 Å². The van der Waals surface area contributed by atoms with Crippen LogP contribution in [0.15, 0.2) is 0 Å². The van der Waals surface area contributed by atoms with Crippen LogP contribution in [-0.4, -0.2) is 61.7 Å². The van der Waals surface area contributed by atoms with Crippen molar-refractivity contribution in [2.24, 2.45) is 0 Å². The summed E-state index contributed by atoms with van der Waals surface area (Å²) in [5.41, 5.74) is 0. The lowest BCUT2D eigenvalue weighted by Gasteiger charge is -2.16. The van der Waals surface area contributed by atoms with Gasteiger partial charge in [0.1, 0.15) is 0 Å². The molecule has 0 radical (unpaired) electrons. The van der Waals surface area contributed by atoms with Gasteiger partial charge in [-0.2, -0.15) is 11.8 Å². The highest BCUT2D eigenvalue weighted by atomic mass is 32.2. The largest absolute Gasteiger partial charge is 0.389 e. The number of unbranched alkanes of at least 4 members (excludes halogenated alkanes) is 1. The Kier molecular flexibility index (Phi) is 9.07. The second-order valence-corrected chi connectivity index (χ2v) is 6.49. The fraction of sp³-hybridized carbons (Fsp3) is 1.00. The van der Waals surface area contributed by atoms with Gasteiger partial charge in [0, 0.05) is 24.4 Å². The Morgan fingerprint density at radius 3 is 2.63 bits per heavy atom. The van der Waals surface area contributed by atoms with E-state index >= 15 is 0 Å². The molecule has 19 heavy (non-hydrogen) atoms. The second-order valence-electron chi connectivity index (χ2n) is 5.21. The molecule has 0 saturated heterocycles. The molecule has 0 aromatic heterocycles. The van der Waals surface area contributed by atoms with Crippen LogP contribution in [-0.2, 0) is 9.47 Å². The summed E-state index contributed by atoms with van der Waals surface area (Å²) in [7, 11) is 0. The van der Waals surface area contributed by atoms with Crippen LogP contribution in [0.4, 0.5) is 0 Å². The molecule has 0 aromatic rings. The Labute approximate surface area is 121 Å². The SMILES string of the molecule is CCCCOCCOCC(O)CNCC1(SC)CC1. The Hall–Kier alpha value is 0.190. The van der Waals surface area contributed by atoms with Crippen molar-refractivity contribution >= 4 is 11.8 Å². The maximum absolute atomic E-state index is 9.74. The second kappa shape index (κ2) is 10.00. The first-order chi connectivity index (χ1) is 9.22. The molecule has 0 spiro atoms. The third-order valence-electron chi connectivity index (χ3n) is 3.39. The van der Waals surface area contributed by atoms with Crippen molar-refractivity contribution in [1.82, 2.24) is 5.32 Å². The van der Waals surface area contributed by atoms with Gasteiger partial charge in [-0.3, -0.25) is 0 Å². The van der Waals surface area contributed by atoms with E-state index in [2.05, 4.69) is 18.5 Å². The number of rotatable bonds is 13. The average Bonchev–Trinajstić information content (AvgIpc) is 3.18. The molecule has 1 unspecified atom stereocenters.